The highest BCUT2D eigenvalue weighted by Gasteiger charge is 2.59. The van der Waals surface area contributed by atoms with Crippen molar-refractivity contribution in [1.82, 2.24) is 0 Å². The van der Waals surface area contributed by atoms with Gasteiger partial charge < -0.3 is 19.3 Å². The molecule has 0 amide bonds. The molecule has 2 fully saturated rings. The van der Waals surface area contributed by atoms with Gasteiger partial charge in [0.2, 0.25) is 5.79 Å². The molecule has 0 radical (unpaired) electrons. The molecule has 202 valence electrons. The molecule has 0 spiro atoms. The van der Waals surface area contributed by atoms with Crippen LogP contribution >= 0.6 is 0 Å². The molecular weight excluding hydrogens is 470 g/mol. The summed E-state index contributed by atoms with van der Waals surface area (Å²) in [5, 5.41) is 10.6. The molecular formula is C28H40F2O6. The van der Waals surface area contributed by atoms with E-state index in [1.54, 1.807) is 7.11 Å². The van der Waals surface area contributed by atoms with Crippen molar-refractivity contribution in [2.45, 2.75) is 108 Å². The zero-order valence-corrected chi connectivity index (χ0v) is 21.5. The van der Waals surface area contributed by atoms with Crippen LogP contribution in [-0.2, 0) is 25.7 Å². The summed E-state index contributed by atoms with van der Waals surface area (Å²) in [6, 6.07) is 7.36. The number of hydrogen-bond acceptors (Lipinski definition) is 6. The maximum Gasteiger partial charge on any atom is 0.306 e. The summed E-state index contributed by atoms with van der Waals surface area (Å²) in [6.07, 6.45) is 4.54. The van der Waals surface area contributed by atoms with Gasteiger partial charge in [-0.05, 0) is 49.3 Å². The quantitative estimate of drug-likeness (QED) is 0.245. The number of esters is 1. The molecule has 1 aromatic carbocycles. The summed E-state index contributed by atoms with van der Waals surface area (Å²) in [7, 11) is 1.60. The highest BCUT2D eigenvalue weighted by Crippen LogP contribution is 2.49. The van der Waals surface area contributed by atoms with Crippen LogP contribution in [0.1, 0.15) is 89.5 Å². The van der Waals surface area contributed by atoms with Gasteiger partial charge in [0.25, 0.3) is 0 Å². The number of unbranched alkanes of at least 4 members (excludes halogenated alkanes) is 4. The lowest BCUT2D eigenvalue weighted by molar-refractivity contribution is -0.356. The van der Waals surface area contributed by atoms with E-state index in [1.807, 2.05) is 31.2 Å². The lowest BCUT2D eigenvalue weighted by Gasteiger charge is -2.43. The number of hydrogen-bond donors (Lipinski definition) is 1. The first-order valence-electron chi connectivity index (χ1n) is 13.3. The van der Waals surface area contributed by atoms with Gasteiger partial charge in [-0.2, -0.15) is 0 Å². The van der Waals surface area contributed by atoms with Gasteiger partial charge in [-0.3, -0.25) is 9.59 Å². The third-order valence-corrected chi connectivity index (χ3v) is 7.59. The number of alkyl halides is 2. The van der Waals surface area contributed by atoms with Gasteiger partial charge in [-0.1, -0.05) is 44.7 Å². The molecule has 4 atom stereocenters. The molecule has 1 aromatic rings. The summed E-state index contributed by atoms with van der Waals surface area (Å²) in [5.41, 5.74) is 0.901. The van der Waals surface area contributed by atoms with Gasteiger partial charge in [0, 0.05) is 31.6 Å². The van der Waals surface area contributed by atoms with E-state index >= 15 is 0 Å². The molecule has 8 heteroatoms. The van der Waals surface area contributed by atoms with E-state index in [2.05, 4.69) is 0 Å². The molecule has 6 nitrogen and oxygen atoms in total. The van der Waals surface area contributed by atoms with Crippen LogP contribution in [0.15, 0.2) is 24.3 Å². The van der Waals surface area contributed by atoms with Gasteiger partial charge in [-0.25, -0.2) is 8.78 Å². The monoisotopic (exact) mass is 510 g/mol. The van der Waals surface area contributed by atoms with Crippen molar-refractivity contribution in [1.29, 1.82) is 0 Å². The lowest BCUT2D eigenvalue weighted by atomic mass is 9.81. The van der Waals surface area contributed by atoms with Gasteiger partial charge in [-0.15, -0.1) is 0 Å². The fourth-order valence-electron chi connectivity index (χ4n) is 5.37. The molecule has 1 heterocycles. The highest BCUT2D eigenvalue weighted by atomic mass is 19.3. The second-order valence-electron chi connectivity index (χ2n) is 10.2. The number of halogens is 2. The molecule has 0 aromatic heterocycles. The summed E-state index contributed by atoms with van der Waals surface area (Å²) in [4.78, 5) is 24.6. The third-order valence-electron chi connectivity index (χ3n) is 7.59. The average Bonchev–Trinajstić information content (AvgIpc) is 3.17. The predicted octanol–water partition coefficient (Wildman–Crippen LogP) is 5.98. The number of fused-ring (bicyclic) bond motifs is 1. The Morgan fingerprint density at radius 1 is 1.17 bits per heavy atom. The second-order valence-corrected chi connectivity index (χ2v) is 10.2. The molecule has 1 aliphatic carbocycles. The first-order valence-corrected chi connectivity index (χ1v) is 13.3. The van der Waals surface area contributed by atoms with Crippen LogP contribution in [0, 0.1) is 11.8 Å². The number of rotatable bonds is 14. The van der Waals surface area contributed by atoms with Crippen LogP contribution in [0.2, 0.25) is 0 Å². The fourth-order valence-corrected chi connectivity index (χ4v) is 5.37. The maximum atomic E-state index is 14.6. The van der Waals surface area contributed by atoms with E-state index < -0.39 is 24.2 Å². The number of Topliss-reactive ketones (excluding diaryl/α,β-unsaturated/α-hetero) is 1. The van der Waals surface area contributed by atoms with Crippen LogP contribution < -0.4 is 4.74 Å². The van der Waals surface area contributed by atoms with Gasteiger partial charge in [0.15, 0.2) is 0 Å². The number of methoxy groups -OCH3 is 1. The van der Waals surface area contributed by atoms with E-state index in [4.69, 9.17) is 14.2 Å². The predicted molar refractivity (Wildman–Crippen MR) is 131 cm³/mol. The van der Waals surface area contributed by atoms with Gasteiger partial charge >= 0.3 is 11.9 Å². The highest BCUT2D eigenvalue weighted by molar-refractivity contribution is 5.84. The summed E-state index contributed by atoms with van der Waals surface area (Å²) in [6.45, 7) is 2.06. The van der Waals surface area contributed by atoms with E-state index in [9.17, 15) is 23.5 Å². The van der Waals surface area contributed by atoms with Crippen LogP contribution in [0.4, 0.5) is 8.78 Å². The first kappa shape index (κ1) is 28.5. The number of aliphatic hydroxyl groups is 1. The van der Waals surface area contributed by atoms with E-state index in [1.165, 1.54) is 0 Å². The Balaban J connectivity index is 1.32. The third kappa shape index (κ3) is 7.25. The molecule has 2 aliphatic rings. The SMILES string of the molecule is CCCCC(F)(F)[C@@]1(O)CC[C@H]2[C@@H](CC(=O)[C@@H]2CCCCCCC(=O)OCc2ccc(OC)cc2)O1. The molecule has 3 rings (SSSR count). The van der Waals surface area contributed by atoms with Crippen molar-refractivity contribution in [3.63, 3.8) is 0 Å². The van der Waals surface area contributed by atoms with Crippen molar-refractivity contribution in [3.8, 4) is 5.75 Å². The number of benzene rings is 1. The Hall–Kier alpha value is -2.06. The van der Waals surface area contributed by atoms with E-state index in [0.29, 0.717) is 32.1 Å². The van der Waals surface area contributed by atoms with Crippen molar-refractivity contribution < 1.29 is 37.7 Å². The minimum Gasteiger partial charge on any atom is -0.497 e. The van der Waals surface area contributed by atoms with E-state index in [0.717, 1.165) is 37.0 Å². The summed E-state index contributed by atoms with van der Waals surface area (Å²) in [5.74, 6) is -5.52. The zero-order valence-electron chi connectivity index (χ0n) is 21.5. The number of ether oxygens (including phenoxy) is 3. The van der Waals surface area contributed by atoms with Crippen LogP contribution in [0.25, 0.3) is 0 Å². The summed E-state index contributed by atoms with van der Waals surface area (Å²) >= 11 is 0. The van der Waals surface area contributed by atoms with Gasteiger partial charge in [0.05, 0.1) is 13.2 Å². The van der Waals surface area contributed by atoms with Crippen molar-refractivity contribution in [3.05, 3.63) is 29.8 Å². The standard InChI is InChI=1S/C28H40F2O6/c1-3-4-16-27(29,30)28(33)17-15-23-22(24(31)18-25(23)36-28)9-7-5-6-8-10-26(32)35-19-20-11-13-21(34-2)14-12-20/h11-14,22-23,25,33H,3-10,15-19H2,1-2H3/t22-,23-,25-,28-/m1/s1. The Morgan fingerprint density at radius 2 is 1.89 bits per heavy atom. The fraction of sp³-hybridized carbons (Fsp3) is 0.714. The lowest BCUT2D eigenvalue weighted by Crippen LogP contribution is -2.55. The first-order chi connectivity index (χ1) is 17.2. The molecule has 1 saturated carbocycles. The minimum atomic E-state index is -3.31. The zero-order chi connectivity index (χ0) is 26.2. The minimum absolute atomic E-state index is 0.0493. The van der Waals surface area contributed by atoms with E-state index in [-0.39, 0.29) is 43.0 Å². The smallest absolute Gasteiger partial charge is 0.306 e. The number of carbonyl (C=O) groups excluding carboxylic acids is 2. The van der Waals surface area contributed by atoms with Crippen molar-refractivity contribution in [2.75, 3.05) is 7.11 Å². The van der Waals surface area contributed by atoms with Crippen molar-refractivity contribution in [2.24, 2.45) is 11.8 Å². The Labute approximate surface area is 212 Å². The molecule has 36 heavy (non-hydrogen) atoms. The molecule has 1 N–H and O–H groups in total. The molecule has 0 bridgehead atoms. The normalized spacial score (nSPS) is 26.0. The largest absolute Gasteiger partial charge is 0.497 e. The maximum absolute atomic E-state index is 14.6. The van der Waals surface area contributed by atoms with Gasteiger partial charge in [0.1, 0.15) is 18.1 Å². The summed E-state index contributed by atoms with van der Waals surface area (Å²) < 4.78 is 45.1. The van der Waals surface area contributed by atoms with Crippen LogP contribution in [-0.4, -0.2) is 41.8 Å². The van der Waals surface area contributed by atoms with Crippen LogP contribution in [0.5, 0.6) is 5.75 Å². The Kier molecular flexibility index (Phi) is 10.3. The molecule has 1 aliphatic heterocycles. The average molecular weight is 511 g/mol. The molecule has 1 saturated heterocycles. The van der Waals surface area contributed by atoms with Crippen molar-refractivity contribution >= 4 is 11.8 Å². The Morgan fingerprint density at radius 3 is 2.58 bits per heavy atom. The molecule has 0 unspecified atom stereocenters. The number of ketones is 1. The second kappa shape index (κ2) is 13.0. The topological polar surface area (TPSA) is 82.1 Å². The number of carbonyl (C=O) groups is 2. The van der Waals surface area contributed by atoms with Crippen LogP contribution in [0.3, 0.4) is 0 Å². The Bertz CT molecular complexity index is 858.